The first-order valence-electron chi connectivity index (χ1n) is 6.11. The Kier molecular flexibility index (Phi) is 2.59. The number of anilines is 1. The molecular formula is C14H16N2O2. The maximum atomic E-state index is 5.84. The Balaban J connectivity index is 2.10. The molecule has 0 bridgehead atoms. The summed E-state index contributed by atoms with van der Waals surface area (Å²) in [7, 11) is 0. The second-order valence-corrected chi connectivity index (χ2v) is 4.94. The summed E-state index contributed by atoms with van der Waals surface area (Å²) in [4.78, 5) is 0. The molecule has 2 aromatic rings. The summed E-state index contributed by atoms with van der Waals surface area (Å²) in [5, 5.41) is 4.09. The maximum Gasteiger partial charge on any atom is 0.226 e. The number of nitrogens with two attached hydrogens (primary N) is 1. The van der Waals surface area contributed by atoms with E-state index < -0.39 is 0 Å². The zero-order chi connectivity index (χ0) is 12.7. The summed E-state index contributed by atoms with van der Waals surface area (Å²) in [6, 6.07) is 6.26. The Morgan fingerprint density at radius 2 is 2.00 bits per heavy atom. The number of nitrogens with zero attached hydrogens (tertiary/aromatic N) is 1. The maximum absolute atomic E-state index is 5.84. The predicted octanol–water partition coefficient (Wildman–Crippen LogP) is 3.08. The van der Waals surface area contributed by atoms with Crippen molar-refractivity contribution in [2.75, 3.05) is 5.73 Å². The largest absolute Gasteiger partial charge is 0.372 e. The zero-order valence-corrected chi connectivity index (χ0v) is 10.6. The molecule has 3 rings (SSSR count). The van der Waals surface area contributed by atoms with Crippen molar-refractivity contribution in [2.45, 2.75) is 33.0 Å². The lowest BCUT2D eigenvalue weighted by atomic mass is 9.97. The molecule has 0 aliphatic carbocycles. The zero-order valence-electron chi connectivity index (χ0n) is 10.6. The number of ether oxygens (including phenoxy) is 1. The first-order chi connectivity index (χ1) is 8.66. The van der Waals surface area contributed by atoms with E-state index in [0.29, 0.717) is 19.1 Å². The van der Waals surface area contributed by atoms with Gasteiger partial charge in [-0.25, -0.2) is 0 Å². The Morgan fingerprint density at radius 3 is 2.78 bits per heavy atom. The number of hydrogen-bond donors (Lipinski definition) is 1. The van der Waals surface area contributed by atoms with Crippen LogP contribution in [0, 0.1) is 0 Å². The summed E-state index contributed by atoms with van der Waals surface area (Å²) in [5.74, 6) is 0.701. The first-order valence-corrected chi connectivity index (χ1v) is 6.11. The molecule has 2 heterocycles. The van der Waals surface area contributed by atoms with E-state index in [2.05, 4.69) is 37.2 Å². The van der Waals surface area contributed by atoms with Crippen molar-refractivity contribution in [1.29, 1.82) is 0 Å². The monoisotopic (exact) mass is 244 g/mol. The quantitative estimate of drug-likeness (QED) is 0.881. The lowest BCUT2D eigenvalue weighted by molar-refractivity contribution is 0.134. The SMILES string of the molecule is CC(C)c1c(-c2ccc3c(c2)COC3)noc1N. The smallest absolute Gasteiger partial charge is 0.226 e. The van der Waals surface area contributed by atoms with Crippen LogP contribution >= 0.6 is 0 Å². The molecule has 1 aliphatic rings. The third-order valence-corrected chi connectivity index (χ3v) is 3.33. The van der Waals surface area contributed by atoms with Gasteiger partial charge in [0.25, 0.3) is 0 Å². The van der Waals surface area contributed by atoms with Crippen LogP contribution in [0.1, 0.15) is 36.5 Å². The highest BCUT2D eigenvalue weighted by atomic mass is 16.5. The van der Waals surface area contributed by atoms with Crippen molar-refractivity contribution in [3.05, 3.63) is 34.9 Å². The minimum atomic E-state index is 0.288. The van der Waals surface area contributed by atoms with Crippen LogP contribution in [0.2, 0.25) is 0 Å². The van der Waals surface area contributed by atoms with Gasteiger partial charge in [0.2, 0.25) is 5.88 Å². The summed E-state index contributed by atoms with van der Waals surface area (Å²) in [5.41, 5.74) is 11.2. The Labute approximate surface area is 106 Å². The van der Waals surface area contributed by atoms with Crippen LogP contribution in [0.5, 0.6) is 0 Å². The molecule has 0 atom stereocenters. The van der Waals surface area contributed by atoms with Gasteiger partial charge in [-0.2, -0.15) is 0 Å². The van der Waals surface area contributed by atoms with Crippen molar-refractivity contribution in [3.8, 4) is 11.3 Å². The van der Waals surface area contributed by atoms with E-state index in [4.69, 9.17) is 15.0 Å². The van der Waals surface area contributed by atoms with Crippen LogP contribution in [0.15, 0.2) is 22.7 Å². The summed E-state index contributed by atoms with van der Waals surface area (Å²) >= 11 is 0. The predicted molar refractivity (Wildman–Crippen MR) is 68.9 cm³/mol. The van der Waals surface area contributed by atoms with E-state index in [1.807, 2.05) is 0 Å². The number of rotatable bonds is 2. The van der Waals surface area contributed by atoms with Crippen LogP contribution in [0.4, 0.5) is 5.88 Å². The van der Waals surface area contributed by atoms with Crippen molar-refractivity contribution in [3.63, 3.8) is 0 Å². The molecule has 0 saturated heterocycles. The standard InChI is InChI=1S/C14H16N2O2/c1-8(2)12-13(16-18-14(12)15)9-3-4-10-6-17-7-11(10)5-9/h3-5,8H,6-7,15H2,1-2H3. The molecule has 0 radical (unpaired) electrons. The average Bonchev–Trinajstić information content (AvgIpc) is 2.93. The molecule has 4 heteroatoms. The van der Waals surface area contributed by atoms with Gasteiger partial charge in [-0.1, -0.05) is 31.1 Å². The molecule has 0 amide bonds. The second kappa shape index (κ2) is 4.14. The minimum absolute atomic E-state index is 0.288. The third kappa shape index (κ3) is 1.69. The van der Waals surface area contributed by atoms with Gasteiger partial charge >= 0.3 is 0 Å². The number of nitrogen functional groups attached to an aromatic ring is 1. The Morgan fingerprint density at radius 1 is 1.22 bits per heavy atom. The summed E-state index contributed by atoms with van der Waals surface area (Å²) < 4.78 is 10.5. The fourth-order valence-corrected chi connectivity index (χ4v) is 2.40. The molecule has 4 nitrogen and oxygen atoms in total. The van der Waals surface area contributed by atoms with Crippen LogP contribution in [0.3, 0.4) is 0 Å². The molecule has 0 unspecified atom stereocenters. The lowest BCUT2D eigenvalue weighted by Gasteiger charge is -2.06. The van der Waals surface area contributed by atoms with Crippen molar-refractivity contribution >= 4 is 5.88 Å². The topological polar surface area (TPSA) is 61.3 Å². The fourth-order valence-electron chi connectivity index (χ4n) is 2.40. The van der Waals surface area contributed by atoms with Gasteiger partial charge < -0.3 is 15.0 Å². The Hall–Kier alpha value is -1.81. The van der Waals surface area contributed by atoms with Crippen molar-refractivity contribution < 1.29 is 9.26 Å². The van der Waals surface area contributed by atoms with Crippen molar-refractivity contribution in [1.82, 2.24) is 5.16 Å². The third-order valence-electron chi connectivity index (χ3n) is 3.33. The summed E-state index contributed by atoms with van der Waals surface area (Å²) in [6.07, 6.45) is 0. The number of aromatic nitrogens is 1. The molecule has 1 aromatic carbocycles. The molecule has 18 heavy (non-hydrogen) atoms. The highest BCUT2D eigenvalue weighted by Gasteiger charge is 2.20. The van der Waals surface area contributed by atoms with Crippen molar-refractivity contribution in [2.24, 2.45) is 0 Å². The molecule has 2 N–H and O–H groups in total. The number of hydrogen-bond acceptors (Lipinski definition) is 4. The highest BCUT2D eigenvalue weighted by molar-refractivity contribution is 5.69. The molecule has 0 saturated carbocycles. The lowest BCUT2D eigenvalue weighted by Crippen LogP contribution is -1.95. The molecule has 0 spiro atoms. The second-order valence-electron chi connectivity index (χ2n) is 4.94. The Bertz CT molecular complexity index is 587. The van der Waals surface area contributed by atoms with Gasteiger partial charge in [0.1, 0.15) is 5.69 Å². The highest BCUT2D eigenvalue weighted by Crippen LogP contribution is 2.34. The van der Waals surface area contributed by atoms with Gasteiger partial charge in [-0.05, 0) is 23.1 Å². The van der Waals surface area contributed by atoms with Gasteiger partial charge in [0.05, 0.1) is 13.2 Å². The van der Waals surface area contributed by atoms with E-state index in [0.717, 1.165) is 16.8 Å². The average molecular weight is 244 g/mol. The first kappa shape index (κ1) is 11.3. The minimum Gasteiger partial charge on any atom is -0.372 e. The van der Waals surface area contributed by atoms with E-state index in [9.17, 15) is 0 Å². The van der Waals surface area contributed by atoms with Crippen LogP contribution in [0.25, 0.3) is 11.3 Å². The van der Waals surface area contributed by atoms with Crippen LogP contribution in [-0.2, 0) is 18.0 Å². The van der Waals surface area contributed by atoms with Gasteiger partial charge in [-0.3, -0.25) is 0 Å². The van der Waals surface area contributed by atoms with Gasteiger partial charge in [0.15, 0.2) is 0 Å². The molecule has 94 valence electrons. The van der Waals surface area contributed by atoms with E-state index in [-0.39, 0.29) is 5.92 Å². The van der Waals surface area contributed by atoms with E-state index in [1.54, 1.807) is 0 Å². The fraction of sp³-hybridized carbons (Fsp3) is 0.357. The van der Waals surface area contributed by atoms with Crippen LogP contribution < -0.4 is 5.73 Å². The normalized spacial score (nSPS) is 14.2. The number of benzene rings is 1. The van der Waals surface area contributed by atoms with Crippen LogP contribution in [-0.4, -0.2) is 5.16 Å². The molecule has 1 aliphatic heterocycles. The molecular weight excluding hydrogens is 228 g/mol. The van der Waals surface area contributed by atoms with E-state index in [1.165, 1.54) is 11.1 Å². The molecule has 1 aromatic heterocycles. The summed E-state index contributed by atoms with van der Waals surface area (Å²) in [6.45, 7) is 5.55. The molecule has 0 fully saturated rings. The van der Waals surface area contributed by atoms with Gasteiger partial charge in [-0.15, -0.1) is 0 Å². The number of fused-ring (bicyclic) bond motifs is 1. The van der Waals surface area contributed by atoms with Gasteiger partial charge in [0, 0.05) is 11.1 Å². The van der Waals surface area contributed by atoms with E-state index >= 15 is 0 Å².